The molecule has 0 unspecified atom stereocenters. The molecular weight excluding hydrogens is 432 g/mol. The number of likely N-dealkylation sites (N-methyl/N-ethyl adjacent to an activating group) is 1. The van der Waals surface area contributed by atoms with Crippen LogP contribution in [0, 0.1) is 0 Å². The van der Waals surface area contributed by atoms with Gasteiger partial charge in [-0.2, -0.15) is 4.31 Å². The smallest absolute Gasteiger partial charge is 0.243 e. The molecular formula is C22H32N4O5S. The number of furan rings is 1. The molecule has 32 heavy (non-hydrogen) atoms. The Hall–Kier alpha value is -2.40. The van der Waals surface area contributed by atoms with E-state index in [4.69, 9.17) is 9.15 Å². The van der Waals surface area contributed by atoms with E-state index >= 15 is 0 Å². The van der Waals surface area contributed by atoms with Crippen LogP contribution in [0.4, 0.5) is 11.4 Å². The van der Waals surface area contributed by atoms with Crippen LogP contribution in [-0.4, -0.2) is 76.5 Å². The second kappa shape index (κ2) is 11.0. The summed E-state index contributed by atoms with van der Waals surface area (Å²) in [6, 6.07) is 8.59. The third-order valence-electron chi connectivity index (χ3n) is 5.37. The molecule has 0 spiro atoms. The van der Waals surface area contributed by atoms with Crippen molar-refractivity contribution in [3.8, 4) is 0 Å². The Bertz CT molecular complexity index is 984. The maximum atomic E-state index is 13.1. The fraction of sp³-hybridized carbons (Fsp3) is 0.500. The van der Waals surface area contributed by atoms with Gasteiger partial charge >= 0.3 is 0 Å². The Labute approximate surface area is 190 Å². The number of carbonyl (C=O) groups excluding carboxylic acids is 1. The summed E-state index contributed by atoms with van der Waals surface area (Å²) in [6.45, 7) is 7.52. The van der Waals surface area contributed by atoms with Crippen molar-refractivity contribution < 1.29 is 22.4 Å². The molecule has 1 N–H and O–H groups in total. The van der Waals surface area contributed by atoms with E-state index < -0.39 is 10.0 Å². The molecule has 0 aliphatic carbocycles. The first-order chi connectivity index (χ1) is 15.3. The summed E-state index contributed by atoms with van der Waals surface area (Å²) < 4.78 is 38.3. The molecule has 3 rings (SSSR count). The Morgan fingerprint density at radius 3 is 2.50 bits per heavy atom. The van der Waals surface area contributed by atoms with E-state index in [2.05, 4.69) is 10.2 Å². The van der Waals surface area contributed by atoms with Gasteiger partial charge in [-0.25, -0.2) is 8.42 Å². The SMILES string of the molecule is CCN(CC)c1ccc(S(=O)(=O)N2CCOCC2)cc1NC(=O)CN(C)Cc1ccco1. The number of nitrogens with zero attached hydrogens (tertiary/aromatic N) is 3. The maximum Gasteiger partial charge on any atom is 0.243 e. The number of hydrogen-bond donors (Lipinski definition) is 1. The van der Waals surface area contributed by atoms with Gasteiger partial charge in [0.2, 0.25) is 15.9 Å². The molecule has 176 valence electrons. The van der Waals surface area contributed by atoms with Crippen LogP contribution in [0.3, 0.4) is 0 Å². The van der Waals surface area contributed by atoms with E-state index in [1.54, 1.807) is 30.5 Å². The first-order valence-corrected chi connectivity index (χ1v) is 12.3. The molecule has 1 aliphatic rings. The van der Waals surface area contributed by atoms with Crippen LogP contribution in [0.2, 0.25) is 0 Å². The predicted octanol–water partition coefficient (Wildman–Crippen LogP) is 2.22. The molecule has 10 heteroatoms. The summed E-state index contributed by atoms with van der Waals surface area (Å²) in [5.74, 6) is 0.538. The summed E-state index contributed by atoms with van der Waals surface area (Å²) in [4.78, 5) is 16.9. The lowest BCUT2D eigenvalue weighted by atomic mass is 10.2. The van der Waals surface area contributed by atoms with Gasteiger partial charge in [-0.3, -0.25) is 9.69 Å². The number of ether oxygens (including phenoxy) is 1. The van der Waals surface area contributed by atoms with Gasteiger partial charge in [-0.05, 0) is 51.2 Å². The normalized spacial score (nSPS) is 15.1. The van der Waals surface area contributed by atoms with Crippen LogP contribution in [0.1, 0.15) is 19.6 Å². The van der Waals surface area contributed by atoms with Crippen LogP contribution < -0.4 is 10.2 Å². The topological polar surface area (TPSA) is 95.3 Å². The number of sulfonamides is 1. The first-order valence-electron chi connectivity index (χ1n) is 10.8. The number of nitrogens with one attached hydrogen (secondary N) is 1. The summed E-state index contributed by atoms with van der Waals surface area (Å²) in [5.41, 5.74) is 1.28. The lowest BCUT2D eigenvalue weighted by Gasteiger charge is -2.28. The minimum atomic E-state index is -3.67. The van der Waals surface area contributed by atoms with Gasteiger partial charge in [-0.1, -0.05) is 0 Å². The molecule has 0 atom stereocenters. The van der Waals surface area contributed by atoms with Gasteiger partial charge in [-0.15, -0.1) is 0 Å². The van der Waals surface area contributed by atoms with Crippen LogP contribution >= 0.6 is 0 Å². The van der Waals surface area contributed by atoms with Crippen LogP contribution in [0.25, 0.3) is 0 Å². The average Bonchev–Trinajstić information content (AvgIpc) is 3.28. The minimum absolute atomic E-state index is 0.138. The zero-order valence-corrected chi connectivity index (χ0v) is 19.7. The number of carbonyl (C=O) groups is 1. The van der Waals surface area contributed by atoms with Crippen LogP contribution in [-0.2, 0) is 26.1 Å². The van der Waals surface area contributed by atoms with Crippen molar-refractivity contribution in [1.29, 1.82) is 0 Å². The number of amides is 1. The van der Waals surface area contributed by atoms with Crippen LogP contribution in [0.15, 0.2) is 45.9 Å². The molecule has 9 nitrogen and oxygen atoms in total. The number of hydrogen-bond acceptors (Lipinski definition) is 7. The van der Waals surface area contributed by atoms with Crippen molar-refractivity contribution in [1.82, 2.24) is 9.21 Å². The molecule has 1 aromatic heterocycles. The molecule has 0 radical (unpaired) electrons. The lowest BCUT2D eigenvalue weighted by Crippen LogP contribution is -2.40. The molecule has 1 fully saturated rings. The fourth-order valence-corrected chi connectivity index (χ4v) is 5.15. The lowest BCUT2D eigenvalue weighted by molar-refractivity contribution is -0.117. The average molecular weight is 465 g/mol. The van der Waals surface area contributed by atoms with Gasteiger partial charge in [0, 0.05) is 26.2 Å². The Morgan fingerprint density at radius 1 is 1.16 bits per heavy atom. The Balaban J connectivity index is 1.82. The zero-order chi connectivity index (χ0) is 23.1. The van der Waals surface area contributed by atoms with E-state index in [0.717, 1.165) is 24.5 Å². The third-order valence-corrected chi connectivity index (χ3v) is 7.27. The Morgan fingerprint density at radius 2 is 1.88 bits per heavy atom. The Kier molecular flexibility index (Phi) is 8.30. The van der Waals surface area contributed by atoms with Crippen LogP contribution in [0.5, 0.6) is 0 Å². The van der Waals surface area contributed by atoms with Crippen molar-refractivity contribution in [3.05, 3.63) is 42.4 Å². The maximum absolute atomic E-state index is 13.1. The monoisotopic (exact) mass is 464 g/mol. The fourth-order valence-electron chi connectivity index (χ4n) is 3.71. The number of benzene rings is 1. The predicted molar refractivity (Wildman–Crippen MR) is 123 cm³/mol. The van der Waals surface area contributed by atoms with Crippen molar-refractivity contribution in [2.75, 3.05) is 63.2 Å². The van der Waals surface area contributed by atoms with E-state index in [1.165, 1.54) is 4.31 Å². The number of anilines is 2. The van der Waals surface area contributed by atoms with Gasteiger partial charge in [0.1, 0.15) is 5.76 Å². The minimum Gasteiger partial charge on any atom is -0.468 e. The quantitative estimate of drug-likeness (QED) is 0.576. The molecule has 1 amide bonds. The van der Waals surface area contributed by atoms with Crippen molar-refractivity contribution in [2.45, 2.75) is 25.3 Å². The number of morpholine rings is 1. The summed E-state index contributed by atoms with van der Waals surface area (Å²) in [6.07, 6.45) is 1.60. The highest BCUT2D eigenvalue weighted by molar-refractivity contribution is 7.89. The van der Waals surface area contributed by atoms with Crippen molar-refractivity contribution in [2.24, 2.45) is 0 Å². The summed E-state index contributed by atoms with van der Waals surface area (Å²) in [7, 11) is -1.85. The second-order valence-electron chi connectivity index (χ2n) is 7.67. The van der Waals surface area contributed by atoms with E-state index in [-0.39, 0.29) is 17.3 Å². The standard InChI is InChI=1S/C22H32N4O5S/c1-4-25(5-2)21-9-8-19(32(28,29)26-10-13-30-14-11-26)15-20(21)23-22(27)17-24(3)16-18-7-6-12-31-18/h6-9,12,15H,4-5,10-11,13-14,16-17H2,1-3H3,(H,23,27). The van der Waals surface area contributed by atoms with Gasteiger partial charge in [0.25, 0.3) is 0 Å². The van der Waals surface area contributed by atoms with E-state index in [9.17, 15) is 13.2 Å². The van der Waals surface area contributed by atoms with E-state index in [0.29, 0.717) is 38.5 Å². The highest BCUT2D eigenvalue weighted by Gasteiger charge is 2.27. The molecule has 1 aliphatic heterocycles. The van der Waals surface area contributed by atoms with Gasteiger partial charge in [0.15, 0.2) is 0 Å². The highest BCUT2D eigenvalue weighted by atomic mass is 32.2. The molecule has 1 saturated heterocycles. The molecule has 0 saturated carbocycles. The molecule has 1 aromatic carbocycles. The largest absolute Gasteiger partial charge is 0.468 e. The van der Waals surface area contributed by atoms with Gasteiger partial charge < -0.3 is 19.4 Å². The highest BCUT2D eigenvalue weighted by Crippen LogP contribution is 2.30. The summed E-state index contributed by atoms with van der Waals surface area (Å²) >= 11 is 0. The number of rotatable bonds is 10. The third kappa shape index (κ3) is 5.89. The van der Waals surface area contributed by atoms with Crippen molar-refractivity contribution in [3.63, 3.8) is 0 Å². The van der Waals surface area contributed by atoms with E-state index in [1.807, 2.05) is 31.9 Å². The second-order valence-corrected chi connectivity index (χ2v) is 9.61. The molecule has 2 aromatic rings. The zero-order valence-electron chi connectivity index (χ0n) is 18.9. The molecule has 0 bridgehead atoms. The molecule has 2 heterocycles. The van der Waals surface area contributed by atoms with Gasteiger partial charge in [0.05, 0.1) is 48.8 Å². The summed E-state index contributed by atoms with van der Waals surface area (Å²) in [5, 5.41) is 2.93. The first kappa shape index (κ1) is 24.2. The van der Waals surface area contributed by atoms with Crippen molar-refractivity contribution >= 4 is 27.3 Å².